The number of carbonyl (C=O) groups is 2. The summed E-state index contributed by atoms with van der Waals surface area (Å²) in [5.74, 6) is -0.477. The Balaban J connectivity index is 2.12. The maximum absolute atomic E-state index is 14.2. The van der Waals surface area contributed by atoms with E-state index in [0.29, 0.717) is 12.2 Å². The van der Waals surface area contributed by atoms with Crippen molar-refractivity contribution in [2.75, 3.05) is 18.0 Å². The topological polar surface area (TPSA) is 96.0 Å². The molecule has 3 aromatic rings. The van der Waals surface area contributed by atoms with E-state index in [-0.39, 0.29) is 28.1 Å². The number of hydrogen-bond donors (Lipinski definition) is 1. The molecule has 0 saturated carbocycles. The molecule has 0 aliphatic heterocycles. The molecule has 0 bridgehead atoms. The smallest absolute Gasteiger partial charge is 0.264 e. The van der Waals surface area contributed by atoms with Crippen molar-refractivity contribution in [2.45, 2.75) is 71.0 Å². The lowest BCUT2D eigenvalue weighted by molar-refractivity contribution is -0.141. The van der Waals surface area contributed by atoms with Gasteiger partial charge in [0.15, 0.2) is 0 Å². The Labute approximate surface area is 254 Å². The van der Waals surface area contributed by atoms with E-state index in [2.05, 4.69) is 5.32 Å². The molecule has 3 aromatic carbocycles. The number of halogens is 1. The van der Waals surface area contributed by atoms with Crippen LogP contribution in [0.1, 0.15) is 50.8 Å². The van der Waals surface area contributed by atoms with Gasteiger partial charge in [0.2, 0.25) is 11.8 Å². The van der Waals surface area contributed by atoms with E-state index in [9.17, 15) is 18.0 Å². The molecular formula is C32H40ClN3O5S. The van der Waals surface area contributed by atoms with Gasteiger partial charge in [-0.25, -0.2) is 8.42 Å². The lowest BCUT2D eigenvalue weighted by atomic mass is 10.0. The summed E-state index contributed by atoms with van der Waals surface area (Å²) in [4.78, 5) is 29.2. The maximum atomic E-state index is 14.2. The van der Waals surface area contributed by atoms with Gasteiger partial charge in [0.05, 0.1) is 22.7 Å². The van der Waals surface area contributed by atoms with E-state index >= 15 is 0 Å². The minimum absolute atomic E-state index is 0.0239. The minimum atomic E-state index is -4.21. The molecule has 3 rings (SSSR count). The number of nitrogens with zero attached hydrogens (tertiary/aromatic N) is 2. The Hall–Kier alpha value is -3.56. The zero-order chi connectivity index (χ0) is 31.2. The molecule has 0 aliphatic rings. The van der Waals surface area contributed by atoms with Gasteiger partial charge in [-0.15, -0.1) is 0 Å². The van der Waals surface area contributed by atoms with Crippen molar-refractivity contribution in [1.29, 1.82) is 0 Å². The van der Waals surface area contributed by atoms with Gasteiger partial charge >= 0.3 is 0 Å². The number of nitrogens with one attached hydrogen (secondary N) is 1. The predicted octanol–water partition coefficient (Wildman–Crippen LogP) is 5.88. The summed E-state index contributed by atoms with van der Waals surface area (Å²) in [6.07, 6.45) is 0.332. The fraction of sp³-hybridized carbons (Fsp3) is 0.375. The molecule has 10 heteroatoms. The summed E-state index contributed by atoms with van der Waals surface area (Å²) in [7, 11) is -2.75. The molecule has 0 saturated heterocycles. The summed E-state index contributed by atoms with van der Waals surface area (Å²) >= 11 is 6.40. The highest BCUT2D eigenvalue weighted by molar-refractivity contribution is 7.92. The van der Waals surface area contributed by atoms with Crippen LogP contribution in [0.5, 0.6) is 5.75 Å². The second-order valence-electron chi connectivity index (χ2n) is 11.3. The molecule has 2 amide bonds. The number of ether oxygens (including phenoxy) is 1. The number of hydrogen-bond acceptors (Lipinski definition) is 5. The van der Waals surface area contributed by atoms with E-state index in [1.54, 1.807) is 24.3 Å². The Morgan fingerprint density at radius 1 is 1.00 bits per heavy atom. The molecule has 0 aromatic heterocycles. The minimum Gasteiger partial charge on any atom is -0.495 e. The number of sulfonamides is 1. The fourth-order valence-electron chi connectivity index (χ4n) is 4.52. The molecule has 1 atom stereocenters. The molecule has 42 heavy (non-hydrogen) atoms. The average Bonchev–Trinajstić information content (AvgIpc) is 2.91. The van der Waals surface area contributed by atoms with Gasteiger partial charge in [-0.2, -0.15) is 0 Å². The molecule has 8 nitrogen and oxygen atoms in total. The van der Waals surface area contributed by atoms with Crippen molar-refractivity contribution in [3.05, 3.63) is 88.4 Å². The molecule has 0 aliphatic carbocycles. The van der Waals surface area contributed by atoms with Gasteiger partial charge in [-0.3, -0.25) is 13.9 Å². The van der Waals surface area contributed by atoms with Crippen LogP contribution in [-0.4, -0.2) is 50.4 Å². The van der Waals surface area contributed by atoms with Crippen molar-refractivity contribution >= 4 is 39.1 Å². The van der Waals surface area contributed by atoms with Crippen LogP contribution in [0.3, 0.4) is 0 Å². The molecule has 0 fully saturated rings. The van der Waals surface area contributed by atoms with Crippen molar-refractivity contribution in [1.82, 2.24) is 10.2 Å². The third-order valence-electron chi connectivity index (χ3n) is 6.80. The summed E-state index contributed by atoms with van der Waals surface area (Å²) in [6.45, 7) is 10.8. The Bertz CT molecular complexity index is 1520. The first-order valence-electron chi connectivity index (χ1n) is 13.8. The highest BCUT2D eigenvalue weighted by atomic mass is 35.5. The first kappa shape index (κ1) is 32.9. The normalized spacial score (nSPS) is 12.4. The molecule has 0 heterocycles. The van der Waals surface area contributed by atoms with Gasteiger partial charge in [-0.05, 0) is 82.5 Å². The maximum Gasteiger partial charge on any atom is 0.264 e. The molecular weight excluding hydrogens is 574 g/mol. The quantitative estimate of drug-likeness (QED) is 0.291. The third-order valence-corrected chi connectivity index (χ3v) is 8.88. The van der Waals surface area contributed by atoms with Crippen LogP contribution in [0, 0.1) is 13.8 Å². The van der Waals surface area contributed by atoms with E-state index in [4.69, 9.17) is 16.3 Å². The summed E-state index contributed by atoms with van der Waals surface area (Å²) in [5, 5.41) is 3.17. The van der Waals surface area contributed by atoms with Gasteiger partial charge < -0.3 is 15.0 Å². The lowest BCUT2D eigenvalue weighted by Gasteiger charge is -2.35. The predicted molar refractivity (Wildman–Crippen MR) is 167 cm³/mol. The Morgan fingerprint density at radius 3 is 2.19 bits per heavy atom. The lowest BCUT2D eigenvalue weighted by Crippen LogP contribution is -2.55. The van der Waals surface area contributed by atoms with Crippen LogP contribution < -0.4 is 14.4 Å². The molecule has 1 N–H and O–H groups in total. The Kier molecular flexibility index (Phi) is 10.7. The van der Waals surface area contributed by atoms with Gasteiger partial charge in [0, 0.05) is 12.1 Å². The van der Waals surface area contributed by atoms with Crippen LogP contribution in [0.2, 0.25) is 5.02 Å². The third kappa shape index (κ3) is 8.04. The van der Waals surface area contributed by atoms with E-state index in [0.717, 1.165) is 21.0 Å². The SMILES string of the molecule is CC[C@@H](C(=O)NC(C)(C)C)N(Cc1ccccc1C)C(=O)CN(c1ccc(OC)c(Cl)c1)S(=O)(=O)c1ccc(C)cc1. The van der Waals surface area contributed by atoms with E-state index < -0.39 is 34.1 Å². The van der Waals surface area contributed by atoms with Crippen LogP contribution in [0.25, 0.3) is 0 Å². The molecule has 0 radical (unpaired) electrons. The number of methoxy groups -OCH3 is 1. The van der Waals surface area contributed by atoms with Crippen molar-refractivity contribution < 1.29 is 22.7 Å². The Morgan fingerprint density at radius 2 is 1.64 bits per heavy atom. The average molecular weight is 614 g/mol. The molecule has 0 spiro atoms. The van der Waals surface area contributed by atoms with Crippen LogP contribution in [0.15, 0.2) is 71.6 Å². The zero-order valence-corrected chi connectivity index (χ0v) is 26.8. The highest BCUT2D eigenvalue weighted by Gasteiger charge is 2.35. The molecule has 0 unspecified atom stereocenters. The number of aryl methyl sites for hydroxylation is 2. The van der Waals surface area contributed by atoms with E-state index in [1.165, 1.54) is 30.2 Å². The summed E-state index contributed by atoms with van der Waals surface area (Å²) < 4.78 is 34.4. The first-order chi connectivity index (χ1) is 19.7. The largest absolute Gasteiger partial charge is 0.495 e. The van der Waals surface area contributed by atoms with Crippen molar-refractivity contribution in [3.8, 4) is 5.75 Å². The van der Waals surface area contributed by atoms with Gasteiger partial charge in [0.1, 0.15) is 18.3 Å². The second-order valence-corrected chi connectivity index (χ2v) is 13.5. The standard InChI is InChI=1S/C32H40ClN3O5S/c1-8-28(31(38)34-32(4,5)6)35(20-24-12-10-9-11-23(24)3)30(37)21-36(25-15-18-29(41-7)27(33)19-25)42(39,40)26-16-13-22(2)14-17-26/h9-19,28H,8,20-21H2,1-7H3,(H,34,38)/t28-/m0/s1. The monoisotopic (exact) mass is 613 g/mol. The van der Waals surface area contributed by atoms with Crippen molar-refractivity contribution in [2.24, 2.45) is 0 Å². The number of amides is 2. The first-order valence-corrected chi connectivity index (χ1v) is 15.6. The van der Waals surface area contributed by atoms with Gasteiger partial charge in [0.25, 0.3) is 10.0 Å². The zero-order valence-electron chi connectivity index (χ0n) is 25.3. The van der Waals surface area contributed by atoms with Crippen molar-refractivity contribution in [3.63, 3.8) is 0 Å². The van der Waals surface area contributed by atoms with Crippen LogP contribution >= 0.6 is 11.6 Å². The summed E-state index contributed by atoms with van der Waals surface area (Å²) in [6, 6.07) is 17.7. The van der Waals surface area contributed by atoms with E-state index in [1.807, 2.05) is 65.8 Å². The highest BCUT2D eigenvalue weighted by Crippen LogP contribution is 2.32. The second kappa shape index (κ2) is 13.6. The van der Waals surface area contributed by atoms with Gasteiger partial charge in [-0.1, -0.05) is 60.5 Å². The fourth-order valence-corrected chi connectivity index (χ4v) is 6.18. The number of carbonyl (C=O) groups excluding carboxylic acids is 2. The summed E-state index contributed by atoms with van der Waals surface area (Å²) in [5.41, 5.74) is 2.37. The number of anilines is 1. The molecule has 226 valence electrons. The van der Waals surface area contributed by atoms with Crippen LogP contribution in [0.4, 0.5) is 5.69 Å². The van der Waals surface area contributed by atoms with Crippen LogP contribution in [-0.2, 0) is 26.2 Å². The number of rotatable bonds is 11. The number of benzene rings is 3.